The van der Waals surface area contributed by atoms with Gasteiger partial charge in [0.1, 0.15) is 0 Å². The van der Waals surface area contributed by atoms with Crippen LogP contribution >= 0.6 is 11.8 Å². The fourth-order valence-electron chi connectivity index (χ4n) is 4.42. The van der Waals surface area contributed by atoms with Crippen molar-refractivity contribution < 1.29 is 9.90 Å². The Bertz CT molecular complexity index is 252. The molecule has 0 heterocycles. The van der Waals surface area contributed by atoms with E-state index in [1.165, 1.54) is 38.5 Å². The second kappa shape index (κ2) is 3.41. The van der Waals surface area contributed by atoms with E-state index in [9.17, 15) is 4.79 Å². The number of carboxylic acids is 1. The third-order valence-corrected chi connectivity index (χ3v) is 5.99. The molecule has 0 aliphatic heterocycles. The molecule has 2 nitrogen and oxygen atoms in total. The zero-order valence-corrected chi connectivity index (χ0v) is 9.76. The molecular weight excluding hydrogens is 208 g/mol. The molecule has 0 saturated heterocycles. The maximum atomic E-state index is 10.7. The van der Waals surface area contributed by atoms with Gasteiger partial charge in [-0.3, -0.25) is 4.79 Å². The minimum Gasteiger partial charge on any atom is -0.481 e. The minimum atomic E-state index is -0.643. The normalized spacial score (nSPS) is 47.1. The van der Waals surface area contributed by atoms with Crippen LogP contribution in [0.25, 0.3) is 0 Å². The van der Waals surface area contributed by atoms with E-state index >= 15 is 0 Å². The molecule has 4 aliphatic rings. The third kappa shape index (κ3) is 1.79. The van der Waals surface area contributed by atoms with E-state index in [0.717, 1.165) is 17.8 Å². The van der Waals surface area contributed by atoms with Crippen LogP contribution in [0.15, 0.2) is 0 Å². The van der Waals surface area contributed by atoms with Gasteiger partial charge in [-0.25, -0.2) is 0 Å². The van der Waals surface area contributed by atoms with E-state index in [0.29, 0.717) is 10.5 Å². The minimum absolute atomic E-state index is 0.312. The summed E-state index contributed by atoms with van der Waals surface area (Å²) < 4.78 is 0.368. The highest BCUT2D eigenvalue weighted by molar-refractivity contribution is 8.01. The van der Waals surface area contributed by atoms with Crippen molar-refractivity contribution in [1.29, 1.82) is 0 Å². The molecule has 0 radical (unpaired) electrons. The van der Waals surface area contributed by atoms with E-state index in [-0.39, 0.29) is 0 Å². The van der Waals surface area contributed by atoms with Crippen LogP contribution in [-0.2, 0) is 4.79 Å². The average Bonchev–Trinajstić information content (AvgIpc) is 2.12. The van der Waals surface area contributed by atoms with Gasteiger partial charge in [0.15, 0.2) is 0 Å². The van der Waals surface area contributed by atoms with Gasteiger partial charge in [0, 0.05) is 4.75 Å². The van der Waals surface area contributed by atoms with Crippen molar-refractivity contribution in [1.82, 2.24) is 0 Å². The first kappa shape index (κ1) is 10.0. The molecule has 0 atom stereocenters. The van der Waals surface area contributed by atoms with E-state index in [4.69, 9.17) is 5.11 Å². The van der Waals surface area contributed by atoms with Gasteiger partial charge in [0.25, 0.3) is 0 Å². The van der Waals surface area contributed by atoms with Gasteiger partial charge in [-0.2, -0.15) is 0 Å². The Labute approximate surface area is 94.8 Å². The molecular formula is C12H18O2S. The lowest BCUT2D eigenvalue weighted by atomic mass is 9.56. The quantitative estimate of drug-likeness (QED) is 0.804. The Morgan fingerprint density at radius 1 is 1.13 bits per heavy atom. The van der Waals surface area contributed by atoms with Crippen LogP contribution in [0.2, 0.25) is 0 Å². The van der Waals surface area contributed by atoms with Gasteiger partial charge >= 0.3 is 5.97 Å². The SMILES string of the molecule is O=C(O)CSC12CC3CC(CC(C3)C1)C2. The van der Waals surface area contributed by atoms with Crippen LogP contribution in [0.4, 0.5) is 0 Å². The van der Waals surface area contributed by atoms with Gasteiger partial charge in [0.05, 0.1) is 5.75 Å². The lowest BCUT2D eigenvalue weighted by molar-refractivity contribution is -0.133. The van der Waals surface area contributed by atoms with Crippen LogP contribution in [-0.4, -0.2) is 21.6 Å². The molecule has 4 bridgehead atoms. The zero-order chi connectivity index (χ0) is 10.5. The number of hydrogen-bond donors (Lipinski definition) is 1. The largest absolute Gasteiger partial charge is 0.481 e. The summed E-state index contributed by atoms with van der Waals surface area (Å²) in [5.74, 6) is 2.45. The fraction of sp³-hybridized carbons (Fsp3) is 0.917. The van der Waals surface area contributed by atoms with E-state index in [1.54, 1.807) is 11.8 Å². The molecule has 15 heavy (non-hydrogen) atoms. The van der Waals surface area contributed by atoms with Gasteiger partial charge in [0.2, 0.25) is 0 Å². The molecule has 0 aromatic carbocycles. The average molecular weight is 226 g/mol. The summed E-state index contributed by atoms with van der Waals surface area (Å²) in [6.07, 6.45) is 8.22. The molecule has 0 unspecified atom stereocenters. The maximum Gasteiger partial charge on any atom is 0.313 e. The summed E-state index contributed by atoms with van der Waals surface area (Å²) in [7, 11) is 0. The Morgan fingerprint density at radius 3 is 2.00 bits per heavy atom. The summed E-state index contributed by atoms with van der Waals surface area (Å²) in [5, 5.41) is 8.79. The van der Waals surface area contributed by atoms with Gasteiger partial charge in [-0.05, 0) is 56.3 Å². The number of hydrogen-bond acceptors (Lipinski definition) is 2. The highest BCUT2D eigenvalue weighted by Gasteiger charge is 2.51. The van der Waals surface area contributed by atoms with E-state index in [1.807, 2.05) is 0 Å². The molecule has 4 fully saturated rings. The Balaban J connectivity index is 1.72. The number of thioether (sulfide) groups is 1. The third-order valence-electron chi connectivity index (χ3n) is 4.48. The Kier molecular flexibility index (Phi) is 2.27. The van der Waals surface area contributed by atoms with Crippen LogP contribution in [0.3, 0.4) is 0 Å². The summed E-state index contributed by atoms with van der Waals surface area (Å²) in [6.45, 7) is 0. The molecule has 0 spiro atoms. The van der Waals surface area contributed by atoms with Crippen LogP contribution in [0, 0.1) is 17.8 Å². The van der Waals surface area contributed by atoms with Gasteiger partial charge < -0.3 is 5.11 Å². The van der Waals surface area contributed by atoms with Crippen molar-refractivity contribution in [3.05, 3.63) is 0 Å². The highest BCUT2D eigenvalue weighted by atomic mass is 32.2. The van der Waals surface area contributed by atoms with E-state index < -0.39 is 5.97 Å². The second-order valence-electron chi connectivity index (χ2n) is 5.78. The predicted octanol–water partition coefficient (Wildman–Crippen LogP) is 2.77. The van der Waals surface area contributed by atoms with Crippen molar-refractivity contribution in [3.63, 3.8) is 0 Å². The number of rotatable bonds is 3. The molecule has 3 heteroatoms. The molecule has 0 aromatic rings. The van der Waals surface area contributed by atoms with Crippen molar-refractivity contribution in [2.24, 2.45) is 17.8 Å². The molecule has 4 aliphatic carbocycles. The first-order valence-electron chi connectivity index (χ1n) is 6.01. The lowest BCUT2D eigenvalue weighted by Crippen LogP contribution is -2.48. The van der Waals surface area contributed by atoms with Gasteiger partial charge in [-0.1, -0.05) is 0 Å². The van der Waals surface area contributed by atoms with Crippen LogP contribution in [0.5, 0.6) is 0 Å². The first-order chi connectivity index (χ1) is 7.15. The number of carbonyl (C=O) groups is 1. The summed E-state index contributed by atoms with van der Waals surface area (Å²) in [5.41, 5.74) is 0. The van der Waals surface area contributed by atoms with E-state index in [2.05, 4.69) is 0 Å². The Hall–Kier alpha value is -0.180. The van der Waals surface area contributed by atoms with Gasteiger partial charge in [-0.15, -0.1) is 11.8 Å². The van der Waals surface area contributed by atoms with Crippen molar-refractivity contribution in [2.45, 2.75) is 43.3 Å². The molecule has 4 rings (SSSR count). The Morgan fingerprint density at radius 2 is 1.60 bits per heavy atom. The number of carboxylic acid groups (broad SMARTS) is 1. The summed E-state index contributed by atoms with van der Waals surface area (Å²) >= 11 is 1.74. The predicted molar refractivity (Wildman–Crippen MR) is 61.0 cm³/mol. The standard InChI is InChI=1S/C12H18O2S/c13-11(14)7-15-12-4-8-1-9(5-12)3-10(2-8)6-12/h8-10H,1-7H2,(H,13,14). The van der Waals surface area contributed by atoms with Crippen molar-refractivity contribution in [3.8, 4) is 0 Å². The summed E-state index contributed by atoms with van der Waals surface area (Å²) in [4.78, 5) is 10.7. The van der Waals surface area contributed by atoms with Crippen LogP contribution < -0.4 is 0 Å². The number of aliphatic carboxylic acids is 1. The summed E-state index contributed by atoms with van der Waals surface area (Å²) in [6, 6.07) is 0. The molecule has 84 valence electrons. The van der Waals surface area contributed by atoms with Crippen molar-refractivity contribution >= 4 is 17.7 Å². The second-order valence-corrected chi connectivity index (χ2v) is 7.23. The highest BCUT2D eigenvalue weighted by Crippen LogP contribution is 2.60. The lowest BCUT2D eigenvalue weighted by Gasteiger charge is -2.56. The monoisotopic (exact) mass is 226 g/mol. The molecule has 0 aromatic heterocycles. The fourth-order valence-corrected chi connectivity index (χ4v) is 5.91. The zero-order valence-electron chi connectivity index (χ0n) is 8.95. The maximum absolute atomic E-state index is 10.7. The molecule has 1 N–H and O–H groups in total. The van der Waals surface area contributed by atoms with Crippen molar-refractivity contribution in [2.75, 3.05) is 5.75 Å². The first-order valence-corrected chi connectivity index (χ1v) is 6.99. The molecule has 0 amide bonds. The molecule has 4 saturated carbocycles. The smallest absolute Gasteiger partial charge is 0.313 e. The topological polar surface area (TPSA) is 37.3 Å². The van der Waals surface area contributed by atoms with Crippen LogP contribution in [0.1, 0.15) is 38.5 Å².